The SMILES string of the molecule is CC1=Nc2ccccc2S[C@H]2c3ccccc3OC(=O)[C@@H]12. The molecule has 2 aromatic rings. The normalized spacial score (nSPS) is 23.1. The zero-order chi connectivity index (χ0) is 14.4. The van der Waals surface area contributed by atoms with Crippen molar-refractivity contribution in [2.24, 2.45) is 10.9 Å². The maximum atomic E-state index is 12.4. The first-order valence-corrected chi connectivity index (χ1v) is 7.73. The maximum Gasteiger partial charge on any atom is 0.321 e. The van der Waals surface area contributed by atoms with E-state index < -0.39 is 0 Å². The minimum Gasteiger partial charge on any atom is -0.426 e. The number of nitrogens with zero attached hydrogens (tertiary/aromatic N) is 1. The third kappa shape index (κ3) is 1.98. The molecule has 4 rings (SSSR count). The molecule has 2 aromatic carbocycles. The van der Waals surface area contributed by atoms with Crippen LogP contribution in [0.25, 0.3) is 0 Å². The van der Waals surface area contributed by atoms with Crippen LogP contribution in [-0.4, -0.2) is 11.7 Å². The number of ether oxygens (including phenoxy) is 1. The van der Waals surface area contributed by atoms with Gasteiger partial charge < -0.3 is 4.74 Å². The van der Waals surface area contributed by atoms with Crippen molar-refractivity contribution in [2.45, 2.75) is 17.1 Å². The van der Waals surface area contributed by atoms with Crippen LogP contribution in [-0.2, 0) is 4.79 Å². The smallest absolute Gasteiger partial charge is 0.321 e. The highest BCUT2D eigenvalue weighted by atomic mass is 32.2. The number of thioether (sulfide) groups is 1. The van der Waals surface area contributed by atoms with Crippen LogP contribution in [0.2, 0.25) is 0 Å². The van der Waals surface area contributed by atoms with E-state index in [1.807, 2.05) is 49.4 Å². The van der Waals surface area contributed by atoms with Gasteiger partial charge in [-0.25, -0.2) is 0 Å². The van der Waals surface area contributed by atoms with E-state index in [0.717, 1.165) is 21.9 Å². The first-order valence-electron chi connectivity index (χ1n) is 6.85. The van der Waals surface area contributed by atoms with Crippen LogP contribution in [0.1, 0.15) is 17.7 Å². The first kappa shape index (κ1) is 12.7. The van der Waals surface area contributed by atoms with Crippen molar-refractivity contribution in [3.05, 3.63) is 54.1 Å². The average Bonchev–Trinajstić information content (AvgIpc) is 2.63. The Kier molecular flexibility index (Phi) is 2.86. The summed E-state index contributed by atoms with van der Waals surface area (Å²) in [4.78, 5) is 18.1. The summed E-state index contributed by atoms with van der Waals surface area (Å²) >= 11 is 1.70. The Morgan fingerprint density at radius 3 is 2.76 bits per heavy atom. The Morgan fingerprint density at radius 1 is 1.10 bits per heavy atom. The molecule has 0 unspecified atom stereocenters. The van der Waals surface area contributed by atoms with E-state index in [0.29, 0.717) is 5.75 Å². The van der Waals surface area contributed by atoms with Gasteiger partial charge in [0.2, 0.25) is 0 Å². The van der Waals surface area contributed by atoms with Crippen molar-refractivity contribution >= 4 is 29.1 Å². The Labute approximate surface area is 127 Å². The van der Waals surface area contributed by atoms with Crippen LogP contribution in [0.4, 0.5) is 5.69 Å². The summed E-state index contributed by atoms with van der Waals surface area (Å²) < 4.78 is 5.49. The van der Waals surface area contributed by atoms with E-state index in [1.54, 1.807) is 11.8 Å². The molecule has 4 heteroatoms. The molecule has 3 nitrogen and oxygen atoms in total. The van der Waals surface area contributed by atoms with Crippen molar-refractivity contribution in [1.29, 1.82) is 0 Å². The Balaban J connectivity index is 1.92. The highest BCUT2D eigenvalue weighted by molar-refractivity contribution is 7.99. The minimum atomic E-state index is -0.322. The van der Waals surface area contributed by atoms with Gasteiger partial charge in [0, 0.05) is 16.2 Å². The molecule has 0 amide bonds. The number of hydrogen-bond acceptors (Lipinski definition) is 4. The van der Waals surface area contributed by atoms with Crippen molar-refractivity contribution in [2.75, 3.05) is 0 Å². The summed E-state index contributed by atoms with van der Waals surface area (Å²) in [6.07, 6.45) is 0. The molecular formula is C17H13NO2S. The van der Waals surface area contributed by atoms with Crippen molar-refractivity contribution in [3.8, 4) is 5.75 Å². The largest absolute Gasteiger partial charge is 0.426 e. The average molecular weight is 295 g/mol. The second-order valence-corrected chi connectivity index (χ2v) is 6.38. The molecule has 2 aliphatic rings. The minimum absolute atomic E-state index is 0.0230. The molecule has 0 spiro atoms. The van der Waals surface area contributed by atoms with Crippen LogP contribution in [0, 0.1) is 5.92 Å². The van der Waals surface area contributed by atoms with Crippen LogP contribution < -0.4 is 4.74 Å². The van der Waals surface area contributed by atoms with E-state index in [-0.39, 0.29) is 17.1 Å². The maximum absolute atomic E-state index is 12.4. The molecule has 2 heterocycles. The molecule has 0 saturated heterocycles. The van der Waals surface area contributed by atoms with Gasteiger partial charge in [0.25, 0.3) is 0 Å². The second-order valence-electron chi connectivity index (χ2n) is 5.20. The zero-order valence-corrected chi connectivity index (χ0v) is 12.3. The summed E-state index contributed by atoms with van der Waals surface area (Å²) in [6.45, 7) is 1.91. The molecule has 0 bridgehead atoms. The van der Waals surface area contributed by atoms with Crippen LogP contribution in [0.5, 0.6) is 5.75 Å². The van der Waals surface area contributed by atoms with Crippen LogP contribution in [0.15, 0.2) is 58.4 Å². The Morgan fingerprint density at radius 2 is 1.86 bits per heavy atom. The number of carbonyl (C=O) groups excluding carboxylic acids is 1. The molecule has 2 atom stereocenters. The topological polar surface area (TPSA) is 38.7 Å². The molecule has 0 aliphatic carbocycles. The first-order chi connectivity index (χ1) is 10.2. The summed E-state index contributed by atoms with van der Waals surface area (Å²) in [6, 6.07) is 15.8. The highest BCUT2D eigenvalue weighted by Gasteiger charge is 2.41. The zero-order valence-electron chi connectivity index (χ0n) is 11.4. The molecule has 2 aliphatic heterocycles. The Bertz CT molecular complexity index is 769. The second kappa shape index (κ2) is 4.74. The fraction of sp³-hybridized carbons (Fsp3) is 0.176. The molecule has 0 aromatic heterocycles. The number of hydrogen-bond donors (Lipinski definition) is 0. The van der Waals surface area contributed by atoms with E-state index in [4.69, 9.17) is 4.74 Å². The fourth-order valence-electron chi connectivity index (χ4n) is 2.85. The van der Waals surface area contributed by atoms with Crippen molar-refractivity contribution < 1.29 is 9.53 Å². The van der Waals surface area contributed by atoms with Gasteiger partial charge in [0.15, 0.2) is 0 Å². The predicted molar refractivity (Wildman–Crippen MR) is 83.4 cm³/mol. The third-order valence-electron chi connectivity index (χ3n) is 3.86. The summed E-state index contributed by atoms with van der Waals surface area (Å²) in [7, 11) is 0. The number of benzene rings is 2. The van der Waals surface area contributed by atoms with E-state index in [9.17, 15) is 4.79 Å². The molecule has 21 heavy (non-hydrogen) atoms. The molecule has 0 saturated carbocycles. The van der Waals surface area contributed by atoms with Crippen molar-refractivity contribution in [1.82, 2.24) is 0 Å². The molecule has 0 radical (unpaired) electrons. The molecule has 104 valence electrons. The molecule has 0 N–H and O–H groups in total. The van der Waals surface area contributed by atoms with Gasteiger partial charge in [-0.05, 0) is 25.1 Å². The number of aliphatic imine (C=N–C) groups is 1. The van der Waals surface area contributed by atoms with Gasteiger partial charge >= 0.3 is 5.97 Å². The lowest BCUT2D eigenvalue weighted by Crippen LogP contribution is -2.34. The van der Waals surface area contributed by atoms with E-state index >= 15 is 0 Å². The van der Waals surface area contributed by atoms with Crippen molar-refractivity contribution in [3.63, 3.8) is 0 Å². The lowest BCUT2D eigenvalue weighted by atomic mass is 9.92. The summed E-state index contributed by atoms with van der Waals surface area (Å²) in [5.41, 5.74) is 2.81. The van der Waals surface area contributed by atoms with E-state index in [2.05, 4.69) is 11.1 Å². The van der Waals surface area contributed by atoms with Gasteiger partial charge in [0.1, 0.15) is 11.7 Å². The third-order valence-corrected chi connectivity index (χ3v) is 5.24. The van der Waals surface area contributed by atoms with Gasteiger partial charge in [-0.1, -0.05) is 30.3 Å². The standard InChI is InChI=1S/C17H13NO2S/c1-10-15-16(21-14-9-5-3-7-12(14)18-10)11-6-2-4-8-13(11)20-17(15)19/h2-9,15-16H,1H3/t15-,16-/m0/s1. The number of rotatable bonds is 0. The van der Waals surface area contributed by atoms with Gasteiger partial charge in [0.05, 0.1) is 10.9 Å². The van der Waals surface area contributed by atoms with E-state index in [1.165, 1.54) is 0 Å². The van der Waals surface area contributed by atoms with Gasteiger partial charge in [-0.3, -0.25) is 9.79 Å². The lowest BCUT2D eigenvalue weighted by Gasteiger charge is -2.30. The summed E-state index contributed by atoms with van der Waals surface area (Å²) in [5, 5.41) is 0.0230. The van der Waals surface area contributed by atoms with Gasteiger partial charge in [-0.2, -0.15) is 0 Å². The summed E-state index contributed by atoms with van der Waals surface area (Å²) in [5.74, 6) is 0.140. The Hall–Kier alpha value is -2.07. The fourth-order valence-corrected chi connectivity index (χ4v) is 4.28. The quantitative estimate of drug-likeness (QED) is 0.541. The number of fused-ring (bicyclic) bond motifs is 4. The number of carbonyl (C=O) groups is 1. The predicted octanol–water partition coefficient (Wildman–Crippen LogP) is 4.16. The molecular weight excluding hydrogens is 282 g/mol. The number of esters is 1. The van der Waals surface area contributed by atoms with Crippen LogP contribution in [0.3, 0.4) is 0 Å². The molecule has 0 fully saturated rings. The highest BCUT2D eigenvalue weighted by Crippen LogP contribution is 2.51. The number of para-hydroxylation sites is 2. The monoisotopic (exact) mass is 295 g/mol. The lowest BCUT2D eigenvalue weighted by molar-refractivity contribution is -0.137. The van der Waals surface area contributed by atoms with Gasteiger partial charge in [-0.15, -0.1) is 11.8 Å². The van der Waals surface area contributed by atoms with Crippen LogP contribution >= 0.6 is 11.8 Å².